The van der Waals surface area contributed by atoms with Crippen molar-refractivity contribution < 1.29 is 4.74 Å². The Bertz CT molecular complexity index is 222. The van der Waals surface area contributed by atoms with E-state index in [0.29, 0.717) is 5.41 Å². The van der Waals surface area contributed by atoms with Crippen molar-refractivity contribution in [3.8, 4) is 0 Å². The zero-order valence-corrected chi connectivity index (χ0v) is 12.5. The molecule has 0 unspecified atom stereocenters. The third-order valence-corrected chi connectivity index (χ3v) is 4.36. The topological polar surface area (TPSA) is 9.23 Å². The fourth-order valence-corrected chi connectivity index (χ4v) is 3.95. The average Bonchev–Trinajstić information content (AvgIpc) is 1.96. The van der Waals surface area contributed by atoms with Crippen LogP contribution in [0, 0.1) is 17.3 Å². The highest BCUT2D eigenvalue weighted by molar-refractivity contribution is 5.00. The van der Waals surface area contributed by atoms with Crippen LogP contribution in [-0.4, -0.2) is 11.2 Å². The maximum Gasteiger partial charge on any atom is 0.0639 e. The van der Waals surface area contributed by atoms with E-state index in [2.05, 4.69) is 55.4 Å². The van der Waals surface area contributed by atoms with Gasteiger partial charge in [0.1, 0.15) is 0 Å². The Labute approximate surface area is 102 Å². The van der Waals surface area contributed by atoms with Gasteiger partial charge in [0.15, 0.2) is 0 Å². The smallest absolute Gasteiger partial charge is 0.0639 e. The van der Waals surface area contributed by atoms with Gasteiger partial charge < -0.3 is 4.74 Å². The van der Waals surface area contributed by atoms with E-state index in [1.165, 1.54) is 12.8 Å². The highest BCUT2D eigenvalue weighted by Gasteiger charge is 2.50. The molecule has 0 aromatic heterocycles. The molecule has 0 spiro atoms. The van der Waals surface area contributed by atoms with Crippen LogP contribution in [0.15, 0.2) is 0 Å². The second kappa shape index (κ2) is 4.01. The fraction of sp³-hybridized carbons (Fsp3) is 1.00. The van der Waals surface area contributed by atoms with E-state index in [0.717, 1.165) is 11.8 Å². The van der Waals surface area contributed by atoms with Gasteiger partial charge in [0.2, 0.25) is 0 Å². The molecule has 1 aliphatic rings. The molecule has 1 fully saturated rings. The highest BCUT2D eigenvalue weighted by atomic mass is 16.5. The summed E-state index contributed by atoms with van der Waals surface area (Å²) in [7, 11) is 0. The maximum atomic E-state index is 6.22. The molecule has 1 heterocycles. The number of hydrogen-bond acceptors (Lipinski definition) is 1. The first-order valence-corrected chi connectivity index (χ1v) is 6.71. The van der Waals surface area contributed by atoms with Crippen LogP contribution in [0.4, 0.5) is 0 Å². The molecule has 0 aromatic rings. The summed E-state index contributed by atoms with van der Waals surface area (Å²) in [4.78, 5) is 0. The lowest BCUT2D eigenvalue weighted by molar-refractivity contribution is -0.216. The minimum Gasteiger partial charge on any atom is -0.370 e. The molecular formula is C15H30O. The molecule has 96 valence electrons. The molecule has 1 aliphatic heterocycles. The van der Waals surface area contributed by atoms with Gasteiger partial charge in [-0.1, -0.05) is 27.7 Å². The maximum absolute atomic E-state index is 6.22. The molecule has 0 bridgehead atoms. The zero-order valence-electron chi connectivity index (χ0n) is 12.5. The van der Waals surface area contributed by atoms with Crippen molar-refractivity contribution in [1.82, 2.24) is 0 Å². The molecule has 1 heteroatoms. The Balaban J connectivity index is 3.10. The second-order valence-corrected chi connectivity index (χ2v) is 7.52. The molecule has 0 atom stereocenters. The first-order chi connectivity index (χ1) is 7.01. The average molecular weight is 226 g/mol. The van der Waals surface area contributed by atoms with Gasteiger partial charge in [-0.3, -0.25) is 0 Å². The van der Waals surface area contributed by atoms with Crippen LogP contribution in [0.1, 0.15) is 68.2 Å². The Morgan fingerprint density at radius 1 is 0.750 bits per heavy atom. The van der Waals surface area contributed by atoms with Gasteiger partial charge in [-0.25, -0.2) is 0 Å². The van der Waals surface area contributed by atoms with Gasteiger partial charge >= 0.3 is 0 Å². The van der Waals surface area contributed by atoms with E-state index in [1.807, 2.05) is 0 Å². The summed E-state index contributed by atoms with van der Waals surface area (Å²) in [6.45, 7) is 18.5. The van der Waals surface area contributed by atoms with E-state index in [9.17, 15) is 0 Å². The SMILES string of the molecule is CC(C)C1(C(C)C)CC(C)(C)OC(C)(C)C1. The van der Waals surface area contributed by atoms with Crippen molar-refractivity contribution in [1.29, 1.82) is 0 Å². The van der Waals surface area contributed by atoms with E-state index in [-0.39, 0.29) is 11.2 Å². The quantitative estimate of drug-likeness (QED) is 0.666. The van der Waals surface area contributed by atoms with Gasteiger partial charge in [-0.2, -0.15) is 0 Å². The first kappa shape index (κ1) is 14.0. The normalized spacial score (nSPS) is 27.4. The molecule has 1 rings (SSSR count). The lowest BCUT2D eigenvalue weighted by Gasteiger charge is -2.56. The Morgan fingerprint density at radius 2 is 1.06 bits per heavy atom. The Kier molecular flexibility index (Phi) is 3.52. The number of ether oxygens (including phenoxy) is 1. The van der Waals surface area contributed by atoms with Crippen molar-refractivity contribution >= 4 is 0 Å². The summed E-state index contributed by atoms with van der Waals surface area (Å²) in [6.07, 6.45) is 2.36. The summed E-state index contributed by atoms with van der Waals surface area (Å²) in [5, 5.41) is 0. The van der Waals surface area contributed by atoms with Crippen LogP contribution in [0.3, 0.4) is 0 Å². The monoisotopic (exact) mass is 226 g/mol. The summed E-state index contributed by atoms with van der Waals surface area (Å²) >= 11 is 0. The van der Waals surface area contributed by atoms with Crippen LogP contribution in [0.5, 0.6) is 0 Å². The summed E-state index contributed by atoms with van der Waals surface area (Å²) in [5.74, 6) is 1.44. The molecule has 0 radical (unpaired) electrons. The van der Waals surface area contributed by atoms with E-state index < -0.39 is 0 Å². The third kappa shape index (κ3) is 2.61. The second-order valence-electron chi connectivity index (χ2n) is 7.52. The standard InChI is InChI=1S/C15H30O/c1-11(2)15(12(3)4)9-13(5,6)16-14(7,8)10-15/h11-12H,9-10H2,1-8H3. The number of rotatable bonds is 2. The summed E-state index contributed by atoms with van der Waals surface area (Å²) < 4.78 is 6.22. The van der Waals surface area contributed by atoms with Crippen molar-refractivity contribution in [2.24, 2.45) is 17.3 Å². The van der Waals surface area contributed by atoms with Crippen molar-refractivity contribution in [3.63, 3.8) is 0 Å². The zero-order chi connectivity index (χ0) is 12.8. The molecule has 0 aromatic carbocycles. The van der Waals surface area contributed by atoms with Crippen molar-refractivity contribution in [2.75, 3.05) is 0 Å². The van der Waals surface area contributed by atoms with Crippen LogP contribution >= 0.6 is 0 Å². The van der Waals surface area contributed by atoms with E-state index in [4.69, 9.17) is 4.74 Å². The molecule has 1 saturated heterocycles. The first-order valence-electron chi connectivity index (χ1n) is 6.71. The van der Waals surface area contributed by atoms with Crippen LogP contribution in [0.25, 0.3) is 0 Å². The molecule has 1 nitrogen and oxygen atoms in total. The molecule has 0 N–H and O–H groups in total. The third-order valence-electron chi connectivity index (χ3n) is 4.36. The van der Waals surface area contributed by atoms with E-state index >= 15 is 0 Å². The minimum atomic E-state index is 0.0102. The molecule has 0 saturated carbocycles. The van der Waals surface area contributed by atoms with Crippen molar-refractivity contribution in [2.45, 2.75) is 79.4 Å². The van der Waals surface area contributed by atoms with E-state index in [1.54, 1.807) is 0 Å². The predicted octanol–water partition coefficient (Wildman–Crippen LogP) is 4.65. The molecule has 0 amide bonds. The van der Waals surface area contributed by atoms with Crippen LogP contribution in [0.2, 0.25) is 0 Å². The molecule has 16 heavy (non-hydrogen) atoms. The lowest BCUT2D eigenvalue weighted by atomic mass is 9.58. The summed E-state index contributed by atoms with van der Waals surface area (Å²) in [5.41, 5.74) is 0.442. The van der Waals surface area contributed by atoms with Gasteiger partial charge in [0.25, 0.3) is 0 Å². The van der Waals surface area contributed by atoms with Gasteiger partial charge in [0.05, 0.1) is 11.2 Å². The summed E-state index contributed by atoms with van der Waals surface area (Å²) in [6, 6.07) is 0. The van der Waals surface area contributed by atoms with Crippen LogP contribution < -0.4 is 0 Å². The molecular weight excluding hydrogens is 196 g/mol. The largest absolute Gasteiger partial charge is 0.370 e. The highest BCUT2D eigenvalue weighted by Crippen LogP contribution is 2.54. The lowest BCUT2D eigenvalue weighted by Crippen LogP contribution is -2.54. The van der Waals surface area contributed by atoms with Gasteiger partial charge in [0, 0.05) is 0 Å². The number of hydrogen-bond donors (Lipinski definition) is 0. The fourth-order valence-electron chi connectivity index (χ4n) is 3.95. The van der Waals surface area contributed by atoms with Gasteiger partial charge in [-0.05, 0) is 57.8 Å². The molecule has 0 aliphatic carbocycles. The predicted molar refractivity (Wildman–Crippen MR) is 70.6 cm³/mol. The Morgan fingerprint density at radius 3 is 1.31 bits per heavy atom. The van der Waals surface area contributed by atoms with Crippen LogP contribution in [-0.2, 0) is 4.74 Å². The van der Waals surface area contributed by atoms with Crippen molar-refractivity contribution in [3.05, 3.63) is 0 Å². The minimum absolute atomic E-state index is 0.0102. The Hall–Kier alpha value is -0.0400. The van der Waals surface area contributed by atoms with Gasteiger partial charge in [-0.15, -0.1) is 0 Å².